The van der Waals surface area contributed by atoms with E-state index in [0.717, 1.165) is 0 Å². The van der Waals surface area contributed by atoms with Crippen LogP contribution in [0.2, 0.25) is 0 Å². The summed E-state index contributed by atoms with van der Waals surface area (Å²) >= 11 is 0. The zero-order valence-electron chi connectivity index (χ0n) is 17.0. The van der Waals surface area contributed by atoms with E-state index in [9.17, 15) is 9.59 Å². The van der Waals surface area contributed by atoms with Gasteiger partial charge in [-0.25, -0.2) is 4.79 Å². The first-order valence-corrected chi connectivity index (χ1v) is 9.14. The van der Waals surface area contributed by atoms with Crippen LogP contribution in [0.4, 0.5) is 4.79 Å². The van der Waals surface area contributed by atoms with Crippen LogP contribution in [-0.2, 0) is 4.74 Å². The Morgan fingerprint density at radius 3 is 2.21 bits per heavy atom. The fourth-order valence-electron chi connectivity index (χ4n) is 2.03. The van der Waals surface area contributed by atoms with Gasteiger partial charge in [0.2, 0.25) is 0 Å². The molecule has 0 atom stereocenters. The maximum Gasteiger partial charge on any atom is 0.407 e. The number of amides is 2. The van der Waals surface area contributed by atoms with Crippen molar-refractivity contribution in [2.45, 2.75) is 33.3 Å². The van der Waals surface area contributed by atoms with Crippen molar-refractivity contribution in [1.29, 1.82) is 0 Å². The molecule has 1 aromatic carbocycles. The van der Waals surface area contributed by atoms with Crippen LogP contribution in [0.25, 0.3) is 0 Å². The first-order chi connectivity index (χ1) is 12.8. The number of nitrogens with zero attached hydrogens (tertiary/aromatic N) is 1. The number of aliphatic imine (C=N–C) groups is 1. The van der Waals surface area contributed by atoms with E-state index in [-0.39, 0.29) is 29.9 Å². The molecule has 2 amide bonds. The van der Waals surface area contributed by atoms with Crippen LogP contribution in [-0.4, -0.2) is 56.3 Å². The highest BCUT2D eigenvalue weighted by molar-refractivity contribution is 14.0. The van der Waals surface area contributed by atoms with Gasteiger partial charge in [-0.05, 0) is 39.8 Å². The third-order valence-corrected chi connectivity index (χ3v) is 3.13. The first kappa shape index (κ1) is 26.0. The van der Waals surface area contributed by atoms with Crippen molar-refractivity contribution in [3.05, 3.63) is 35.9 Å². The number of halogens is 1. The fourth-order valence-corrected chi connectivity index (χ4v) is 2.03. The van der Waals surface area contributed by atoms with Crippen molar-refractivity contribution in [3.8, 4) is 0 Å². The molecular formula is C19H32IN5O3. The molecule has 0 saturated heterocycles. The van der Waals surface area contributed by atoms with Crippen molar-refractivity contribution in [3.63, 3.8) is 0 Å². The van der Waals surface area contributed by atoms with Gasteiger partial charge >= 0.3 is 6.09 Å². The minimum Gasteiger partial charge on any atom is -0.444 e. The molecule has 0 spiro atoms. The van der Waals surface area contributed by atoms with Gasteiger partial charge in [-0.15, -0.1) is 24.0 Å². The van der Waals surface area contributed by atoms with Crippen LogP contribution >= 0.6 is 24.0 Å². The Bertz CT molecular complexity index is 618. The maximum absolute atomic E-state index is 11.9. The summed E-state index contributed by atoms with van der Waals surface area (Å²) in [4.78, 5) is 27.9. The Labute approximate surface area is 184 Å². The topological polar surface area (TPSA) is 104 Å². The average Bonchev–Trinajstić information content (AvgIpc) is 2.61. The molecule has 0 aromatic heterocycles. The summed E-state index contributed by atoms with van der Waals surface area (Å²) in [6, 6.07) is 9.05. The lowest BCUT2D eigenvalue weighted by atomic mass is 10.2. The van der Waals surface area contributed by atoms with Gasteiger partial charge in [0.25, 0.3) is 5.91 Å². The van der Waals surface area contributed by atoms with Gasteiger partial charge in [0, 0.05) is 31.7 Å². The molecule has 158 valence electrons. The lowest BCUT2D eigenvalue weighted by Gasteiger charge is -2.19. The predicted octanol–water partition coefficient (Wildman–Crippen LogP) is 2.11. The molecule has 0 radical (unpaired) electrons. The van der Waals surface area contributed by atoms with Crippen LogP contribution in [0.1, 0.15) is 38.1 Å². The second kappa shape index (κ2) is 14.0. The molecule has 0 bridgehead atoms. The van der Waals surface area contributed by atoms with Gasteiger partial charge < -0.3 is 26.0 Å². The van der Waals surface area contributed by atoms with Gasteiger partial charge in [0.1, 0.15) is 5.60 Å². The molecule has 1 aromatic rings. The summed E-state index contributed by atoms with van der Waals surface area (Å²) in [5, 5.41) is 11.7. The number of hydrogen-bond donors (Lipinski definition) is 4. The summed E-state index contributed by atoms with van der Waals surface area (Å²) < 4.78 is 5.17. The second-order valence-electron chi connectivity index (χ2n) is 6.74. The van der Waals surface area contributed by atoms with Crippen LogP contribution in [0.15, 0.2) is 35.3 Å². The molecule has 0 aliphatic rings. The van der Waals surface area contributed by atoms with Crippen molar-refractivity contribution in [1.82, 2.24) is 21.3 Å². The standard InChI is InChI=1S/C19H31N5O3.HI/c1-5-20-17(23-13-14-24-18(26)27-19(2,3)4)22-12-11-21-16(25)15-9-7-6-8-10-15;/h6-10H,5,11-14H2,1-4H3,(H,21,25)(H,24,26)(H2,20,22,23);1H. The zero-order chi connectivity index (χ0) is 20.1. The van der Waals surface area contributed by atoms with Gasteiger partial charge in [0.05, 0.1) is 6.54 Å². The van der Waals surface area contributed by atoms with Crippen LogP contribution in [0, 0.1) is 0 Å². The summed E-state index contributed by atoms with van der Waals surface area (Å²) in [7, 11) is 0. The fraction of sp³-hybridized carbons (Fsp3) is 0.526. The molecule has 0 unspecified atom stereocenters. The summed E-state index contributed by atoms with van der Waals surface area (Å²) in [5.74, 6) is 0.503. The van der Waals surface area contributed by atoms with Crippen LogP contribution in [0.5, 0.6) is 0 Å². The molecule has 1 rings (SSSR count). The van der Waals surface area contributed by atoms with E-state index in [1.165, 1.54) is 0 Å². The Hall–Kier alpha value is -2.04. The largest absolute Gasteiger partial charge is 0.444 e. The van der Waals surface area contributed by atoms with Gasteiger partial charge in [-0.1, -0.05) is 18.2 Å². The van der Waals surface area contributed by atoms with Gasteiger partial charge in [-0.3, -0.25) is 9.79 Å². The Balaban J connectivity index is 0.00000729. The Morgan fingerprint density at radius 2 is 1.61 bits per heavy atom. The quantitative estimate of drug-likeness (QED) is 0.188. The first-order valence-electron chi connectivity index (χ1n) is 9.14. The van der Waals surface area contributed by atoms with Crippen molar-refractivity contribution in [2.75, 3.05) is 32.7 Å². The third kappa shape index (κ3) is 12.4. The number of benzene rings is 1. The SMILES string of the molecule is CCNC(=NCCNC(=O)c1ccccc1)NCCNC(=O)OC(C)(C)C.I. The number of guanidine groups is 1. The van der Waals surface area contributed by atoms with E-state index in [4.69, 9.17) is 4.74 Å². The van der Waals surface area contributed by atoms with E-state index in [2.05, 4.69) is 26.3 Å². The van der Waals surface area contributed by atoms with Gasteiger partial charge in [0.15, 0.2) is 5.96 Å². The molecule has 4 N–H and O–H groups in total. The van der Waals surface area contributed by atoms with E-state index in [0.29, 0.717) is 44.2 Å². The highest BCUT2D eigenvalue weighted by Gasteiger charge is 2.15. The highest BCUT2D eigenvalue weighted by Crippen LogP contribution is 2.05. The molecule has 0 aliphatic heterocycles. The third-order valence-electron chi connectivity index (χ3n) is 3.13. The van der Waals surface area contributed by atoms with Crippen molar-refractivity contribution in [2.24, 2.45) is 4.99 Å². The second-order valence-corrected chi connectivity index (χ2v) is 6.74. The predicted molar refractivity (Wildman–Crippen MR) is 122 cm³/mol. The average molecular weight is 505 g/mol. The number of ether oxygens (including phenoxy) is 1. The Kier molecular flexibility index (Phi) is 13.0. The van der Waals surface area contributed by atoms with E-state index >= 15 is 0 Å². The molecule has 0 heterocycles. The lowest BCUT2D eigenvalue weighted by Crippen LogP contribution is -2.42. The normalized spacial score (nSPS) is 11.1. The number of nitrogens with one attached hydrogen (secondary N) is 4. The molecule has 0 fully saturated rings. The van der Waals surface area contributed by atoms with E-state index in [1.54, 1.807) is 12.1 Å². The smallest absolute Gasteiger partial charge is 0.407 e. The summed E-state index contributed by atoms with van der Waals surface area (Å²) in [6.45, 7) is 9.90. The van der Waals surface area contributed by atoms with E-state index in [1.807, 2.05) is 45.9 Å². The highest BCUT2D eigenvalue weighted by atomic mass is 127. The van der Waals surface area contributed by atoms with Gasteiger partial charge in [-0.2, -0.15) is 0 Å². The molecular weight excluding hydrogens is 473 g/mol. The number of alkyl carbamates (subject to hydrolysis) is 1. The molecule has 8 nitrogen and oxygen atoms in total. The van der Waals surface area contributed by atoms with Crippen molar-refractivity contribution >= 4 is 41.9 Å². The van der Waals surface area contributed by atoms with E-state index < -0.39 is 11.7 Å². The summed E-state index contributed by atoms with van der Waals surface area (Å²) in [6.07, 6.45) is -0.449. The molecule has 0 aliphatic carbocycles. The molecule has 0 saturated carbocycles. The van der Waals surface area contributed by atoms with Crippen LogP contribution in [0.3, 0.4) is 0 Å². The lowest BCUT2D eigenvalue weighted by molar-refractivity contribution is 0.0528. The minimum absolute atomic E-state index is 0. The monoisotopic (exact) mass is 505 g/mol. The van der Waals surface area contributed by atoms with Crippen molar-refractivity contribution < 1.29 is 14.3 Å². The molecule has 9 heteroatoms. The maximum atomic E-state index is 11.9. The number of hydrogen-bond acceptors (Lipinski definition) is 4. The Morgan fingerprint density at radius 1 is 0.964 bits per heavy atom. The minimum atomic E-state index is -0.516. The zero-order valence-corrected chi connectivity index (χ0v) is 19.3. The summed E-state index contributed by atoms with van der Waals surface area (Å²) in [5.41, 5.74) is 0.109. The van der Waals surface area contributed by atoms with Crippen LogP contribution < -0.4 is 21.3 Å². The molecule has 28 heavy (non-hydrogen) atoms. The number of rotatable bonds is 8. The number of carbonyl (C=O) groups excluding carboxylic acids is 2. The number of carbonyl (C=O) groups is 2.